The van der Waals surface area contributed by atoms with Crippen molar-refractivity contribution in [2.24, 2.45) is 0 Å². The molecular formula is C11H11N3O. The van der Waals surface area contributed by atoms with Crippen LogP contribution in [0.3, 0.4) is 0 Å². The largest absolute Gasteiger partial charge is 0.494 e. The zero-order valence-electron chi connectivity index (χ0n) is 8.14. The molecule has 0 spiro atoms. The van der Waals surface area contributed by atoms with Gasteiger partial charge in [0.05, 0.1) is 17.9 Å². The molecular weight excluding hydrogens is 190 g/mol. The number of hydrogen-bond donors (Lipinski definition) is 2. The van der Waals surface area contributed by atoms with Crippen LogP contribution in [0.2, 0.25) is 0 Å². The number of fused-ring (bicyclic) bond motifs is 1. The predicted molar refractivity (Wildman–Crippen MR) is 58.2 cm³/mol. The molecule has 1 aromatic carbocycles. The maximum atomic E-state index is 9.87. The molecule has 0 saturated heterocycles. The Balaban J connectivity index is 2.56. The number of aromatic nitrogens is 1. The fourth-order valence-electron chi connectivity index (χ4n) is 1.67. The third-order valence-corrected chi connectivity index (χ3v) is 2.38. The zero-order valence-corrected chi connectivity index (χ0v) is 8.14. The fraction of sp³-hybridized carbons (Fsp3) is 0.182. The first kappa shape index (κ1) is 9.41. The summed E-state index contributed by atoms with van der Waals surface area (Å²) >= 11 is 0. The van der Waals surface area contributed by atoms with Gasteiger partial charge < -0.3 is 15.4 Å². The summed E-state index contributed by atoms with van der Waals surface area (Å²) < 4.78 is 1.64. The lowest BCUT2D eigenvalue weighted by Crippen LogP contribution is -1.93. The van der Waals surface area contributed by atoms with Crippen molar-refractivity contribution in [3.63, 3.8) is 0 Å². The molecule has 1 aromatic heterocycles. The second kappa shape index (κ2) is 3.54. The maximum absolute atomic E-state index is 9.87. The van der Waals surface area contributed by atoms with Gasteiger partial charge in [0.15, 0.2) is 0 Å². The van der Waals surface area contributed by atoms with Gasteiger partial charge in [-0.2, -0.15) is 5.26 Å². The molecule has 2 rings (SSSR count). The van der Waals surface area contributed by atoms with E-state index in [0.717, 1.165) is 5.39 Å². The Morgan fingerprint density at radius 1 is 1.47 bits per heavy atom. The number of rotatable bonds is 2. The lowest BCUT2D eigenvalue weighted by Gasteiger charge is -2.00. The van der Waals surface area contributed by atoms with E-state index < -0.39 is 0 Å². The second-order valence-electron chi connectivity index (χ2n) is 3.37. The quantitative estimate of drug-likeness (QED) is 0.728. The summed E-state index contributed by atoms with van der Waals surface area (Å²) in [5, 5.41) is 19.9. The number of benzene rings is 1. The van der Waals surface area contributed by atoms with Crippen LogP contribution in [-0.2, 0) is 6.54 Å². The van der Waals surface area contributed by atoms with Gasteiger partial charge in [-0.15, -0.1) is 0 Å². The van der Waals surface area contributed by atoms with Gasteiger partial charge >= 0.3 is 0 Å². The first-order valence-corrected chi connectivity index (χ1v) is 4.67. The summed E-state index contributed by atoms with van der Waals surface area (Å²) in [5.41, 5.74) is 6.32. The topological polar surface area (TPSA) is 75.0 Å². The van der Waals surface area contributed by atoms with E-state index in [4.69, 9.17) is 11.0 Å². The van der Waals surface area contributed by atoms with E-state index >= 15 is 0 Å². The third-order valence-electron chi connectivity index (χ3n) is 2.38. The molecule has 0 aliphatic heterocycles. The first-order chi connectivity index (χ1) is 7.24. The Hall–Kier alpha value is -2.15. The molecule has 0 amide bonds. The minimum Gasteiger partial charge on any atom is -0.494 e. The SMILES string of the molecule is N#CCCn1cc2cccc(N)c2c1O. The van der Waals surface area contributed by atoms with Crippen LogP contribution in [-0.4, -0.2) is 9.67 Å². The Morgan fingerprint density at radius 2 is 2.27 bits per heavy atom. The molecule has 1 heterocycles. The summed E-state index contributed by atoms with van der Waals surface area (Å²) in [6.45, 7) is 0.483. The lowest BCUT2D eigenvalue weighted by atomic mass is 10.2. The van der Waals surface area contributed by atoms with E-state index in [2.05, 4.69) is 0 Å². The number of nitrogens with two attached hydrogens (primary N) is 1. The van der Waals surface area contributed by atoms with E-state index in [1.807, 2.05) is 18.2 Å². The number of aryl methyl sites for hydroxylation is 1. The molecule has 15 heavy (non-hydrogen) atoms. The van der Waals surface area contributed by atoms with Gasteiger partial charge in [0.25, 0.3) is 0 Å². The van der Waals surface area contributed by atoms with Crippen molar-refractivity contribution in [2.45, 2.75) is 13.0 Å². The van der Waals surface area contributed by atoms with Crippen LogP contribution in [0.5, 0.6) is 5.88 Å². The summed E-state index contributed by atoms with van der Waals surface area (Å²) in [6, 6.07) is 7.51. The molecule has 0 unspecified atom stereocenters. The highest BCUT2D eigenvalue weighted by molar-refractivity contribution is 5.97. The van der Waals surface area contributed by atoms with Gasteiger partial charge in [0, 0.05) is 23.8 Å². The third kappa shape index (κ3) is 1.48. The van der Waals surface area contributed by atoms with Crippen molar-refractivity contribution < 1.29 is 5.11 Å². The molecule has 4 nitrogen and oxygen atoms in total. The molecule has 0 fully saturated rings. The average Bonchev–Trinajstić information content (AvgIpc) is 2.54. The molecule has 0 aliphatic carbocycles. The van der Waals surface area contributed by atoms with E-state index in [0.29, 0.717) is 24.0 Å². The van der Waals surface area contributed by atoms with Crippen LogP contribution >= 0.6 is 0 Å². The van der Waals surface area contributed by atoms with Crippen molar-refractivity contribution in [3.05, 3.63) is 24.4 Å². The Bertz CT molecular complexity index is 536. The Kier molecular flexibility index (Phi) is 2.22. The highest BCUT2D eigenvalue weighted by Crippen LogP contribution is 2.31. The molecule has 76 valence electrons. The Labute approximate surface area is 87.2 Å². The summed E-state index contributed by atoms with van der Waals surface area (Å²) in [6.07, 6.45) is 2.17. The van der Waals surface area contributed by atoms with Gasteiger partial charge in [-0.1, -0.05) is 12.1 Å². The van der Waals surface area contributed by atoms with Gasteiger partial charge in [-0.3, -0.25) is 0 Å². The minimum atomic E-state index is 0.137. The number of aromatic hydroxyl groups is 1. The highest BCUT2D eigenvalue weighted by atomic mass is 16.3. The summed E-state index contributed by atoms with van der Waals surface area (Å²) in [4.78, 5) is 0. The number of nitriles is 1. The second-order valence-corrected chi connectivity index (χ2v) is 3.37. The Morgan fingerprint density at radius 3 is 2.93 bits per heavy atom. The molecule has 4 heteroatoms. The van der Waals surface area contributed by atoms with Crippen molar-refractivity contribution in [1.82, 2.24) is 4.57 Å². The van der Waals surface area contributed by atoms with Crippen molar-refractivity contribution in [1.29, 1.82) is 5.26 Å². The molecule has 0 saturated carbocycles. The van der Waals surface area contributed by atoms with Crippen molar-refractivity contribution in [2.75, 3.05) is 5.73 Å². The van der Waals surface area contributed by atoms with E-state index in [-0.39, 0.29) is 5.88 Å². The number of hydrogen-bond acceptors (Lipinski definition) is 3. The predicted octanol–water partition coefficient (Wildman–Crippen LogP) is 1.84. The van der Waals surface area contributed by atoms with Crippen LogP contribution in [0.25, 0.3) is 10.8 Å². The van der Waals surface area contributed by atoms with Gasteiger partial charge in [0.2, 0.25) is 5.88 Å². The van der Waals surface area contributed by atoms with Crippen LogP contribution in [0.4, 0.5) is 5.69 Å². The summed E-state index contributed by atoms with van der Waals surface area (Å²) in [5.74, 6) is 0.137. The average molecular weight is 201 g/mol. The fourth-order valence-corrected chi connectivity index (χ4v) is 1.67. The van der Waals surface area contributed by atoms with Gasteiger partial charge in [-0.05, 0) is 6.07 Å². The first-order valence-electron chi connectivity index (χ1n) is 4.67. The smallest absolute Gasteiger partial charge is 0.201 e. The van der Waals surface area contributed by atoms with E-state index in [1.165, 1.54) is 0 Å². The number of nitrogens with zero attached hydrogens (tertiary/aromatic N) is 2. The van der Waals surface area contributed by atoms with Crippen molar-refractivity contribution in [3.8, 4) is 11.9 Å². The molecule has 3 N–H and O–H groups in total. The highest BCUT2D eigenvalue weighted by Gasteiger charge is 2.09. The number of nitrogen functional groups attached to an aromatic ring is 1. The molecule has 0 radical (unpaired) electrons. The molecule has 0 bridgehead atoms. The van der Waals surface area contributed by atoms with E-state index in [1.54, 1.807) is 16.8 Å². The molecule has 2 aromatic rings. The van der Waals surface area contributed by atoms with Crippen LogP contribution < -0.4 is 5.73 Å². The standard InChI is InChI=1S/C11H11N3O/c12-5-2-6-14-7-8-3-1-4-9(13)10(8)11(14)15/h1,3-4,7,15H,2,6,13H2. The van der Waals surface area contributed by atoms with Gasteiger partial charge in [0.1, 0.15) is 0 Å². The zero-order chi connectivity index (χ0) is 10.8. The minimum absolute atomic E-state index is 0.137. The lowest BCUT2D eigenvalue weighted by molar-refractivity contribution is 0.424. The molecule has 0 atom stereocenters. The maximum Gasteiger partial charge on any atom is 0.201 e. The van der Waals surface area contributed by atoms with Gasteiger partial charge in [-0.25, -0.2) is 0 Å². The van der Waals surface area contributed by atoms with Crippen LogP contribution in [0, 0.1) is 11.3 Å². The normalized spacial score (nSPS) is 10.3. The van der Waals surface area contributed by atoms with E-state index in [9.17, 15) is 5.11 Å². The number of anilines is 1. The summed E-state index contributed by atoms with van der Waals surface area (Å²) in [7, 11) is 0. The van der Waals surface area contributed by atoms with Crippen LogP contribution in [0.1, 0.15) is 6.42 Å². The van der Waals surface area contributed by atoms with Crippen molar-refractivity contribution >= 4 is 16.5 Å². The monoisotopic (exact) mass is 201 g/mol. The molecule has 0 aliphatic rings. The van der Waals surface area contributed by atoms with Crippen LogP contribution in [0.15, 0.2) is 24.4 Å².